The Balaban J connectivity index is 1.70. The zero-order valence-corrected chi connectivity index (χ0v) is 15.2. The van der Waals surface area contributed by atoms with Crippen molar-refractivity contribution >= 4 is 45.6 Å². The number of benzene rings is 2. The van der Waals surface area contributed by atoms with Crippen LogP contribution >= 0.6 is 22.9 Å². The molecule has 0 aliphatic rings. The molecule has 6 nitrogen and oxygen atoms in total. The van der Waals surface area contributed by atoms with Gasteiger partial charge in [-0.05, 0) is 37.3 Å². The van der Waals surface area contributed by atoms with Crippen molar-refractivity contribution in [3.05, 3.63) is 70.2 Å². The average Bonchev–Trinajstić information content (AvgIpc) is 2.94. The van der Waals surface area contributed by atoms with Crippen LogP contribution in [0.4, 0.5) is 15.5 Å². The maximum absolute atomic E-state index is 12.3. The van der Waals surface area contributed by atoms with Crippen LogP contribution < -0.4 is 15.4 Å². The molecule has 1 aromatic heterocycles. The molecule has 2 aromatic carbocycles. The van der Waals surface area contributed by atoms with E-state index in [4.69, 9.17) is 16.3 Å². The first kappa shape index (κ1) is 17.9. The Labute approximate surface area is 158 Å². The predicted molar refractivity (Wildman–Crippen MR) is 102 cm³/mol. The number of aromatic nitrogens is 1. The molecule has 0 unspecified atom stereocenters. The van der Waals surface area contributed by atoms with Gasteiger partial charge >= 0.3 is 6.09 Å². The lowest BCUT2D eigenvalue weighted by Crippen LogP contribution is -2.18. The third-order valence-corrected chi connectivity index (χ3v) is 4.33. The van der Waals surface area contributed by atoms with Crippen LogP contribution in [-0.2, 0) is 0 Å². The molecule has 0 fully saturated rings. The molecule has 0 bridgehead atoms. The molecule has 0 aliphatic heterocycles. The van der Waals surface area contributed by atoms with Crippen LogP contribution in [-0.4, -0.2) is 17.0 Å². The SMILES string of the molecule is Cc1nc(OC(=O)Nc2cccc(Cl)c2)c(NC(=O)c2ccccc2)s1. The Morgan fingerprint density at radius 3 is 2.58 bits per heavy atom. The van der Waals surface area contributed by atoms with Gasteiger partial charge in [0, 0.05) is 16.3 Å². The number of ether oxygens (including phenoxy) is 1. The van der Waals surface area contributed by atoms with Crippen LogP contribution in [0.2, 0.25) is 5.02 Å². The normalized spacial score (nSPS) is 10.2. The van der Waals surface area contributed by atoms with Crippen LogP contribution in [0.25, 0.3) is 0 Å². The molecule has 132 valence electrons. The quantitative estimate of drug-likeness (QED) is 0.662. The average molecular weight is 388 g/mol. The molecule has 0 spiro atoms. The van der Waals surface area contributed by atoms with Gasteiger partial charge < -0.3 is 10.1 Å². The van der Waals surface area contributed by atoms with Gasteiger partial charge in [0.1, 0.15) is 0 Å². The third kappa shape index (κ3) is 4.59. The largest absolute Gasteiger partial charge is 0.418 e. The van der Waals surface area contributed by atoms with Gasteiger partial charge in [-0.3, -0.25) is 10.1 Å². The van der Waals surface area contributed by atoms with E-state index in [2.05, 4.69) is 15.6 Å². The molecule has 2 amide bonds. The Hall–Kier alpha value is -2.90. The van der Waals surface area contributed by atoms with Gasteiger partial charge in [0.2, 0.25) is 0 Å². The number of hydrogen-bond acceptors (Lipinski definition) is 5. The summed E-state index contributed by atoms with van der Waals surface area (Å²) in [5.74, 6) is -0.273. The summed E-state index contributed by atoms with van der Waals surface area (Å²) >= 11 is 7.10. The first-order valence-corrected chi connectivity index (χ1v) is 8.79. The van der Waals surface area contributed by atoms with Crippen LogP contribution in [0.1, 0.15) is 15.4 Å². The van der Waals surface area contributed by atoms with Gasteiger partial charge in [0.15, 0.2) is 5.00 Å². The highest BCUT2D eigenvalue weighted by molar-refractivity contribution is 7.16. The Bertz CT molecular complexity index is 944. The molecule has 1 heterocycles. The van der Waals surface area contributed by atoms with Gasteiger partial charge in [0.25, 0.3) is 11.8 Å². The molecule has 0 aliphatic carbocycles. The molecule has 0 radical (unpaired) electrons. The number of nitrogens with zero attached hydrogens (tertiary/aromatic N) is 1. The van der Waals surface area contributed by atoms with Gasteiger partial charge in [-0.25, -0.2) is 9.78 Å². The van der Waals surface area contributed by atoms with E-state index in [-0.39, 0.29) is 11.8 Å². The summed E-state index contributed by atoms with van der Waals surface area (Å²) in [5.41, 5.74) is 0.984. The molecule has 2 N–H and O–H groups in total. The number of carbonyl (C=O) groups excluding carboxylic acids is 2. The van der Waals surface area contributed by atoms with Crippen LogP contribution in [0.3, 0.4) is 0 Å². The number of anilines is 2. The minimum absolute atomic E-state index is 0.0382. The number of thiazole rings is 1. The van der Waals surface area contributed by atoms with Crippen molar-refractivity contribution in [3.8, 4) is 5.88 Å². The molecule has 0 saturated heterocycles. The first-order valence-electron chi connectivity index (χ1n) is 7.59. The second-order valence-corrected chi connectivity index (χ2v) is 6.85. The summed E-state index contributed by atoms with van der Waals surface area (Å²) in [6.45, 7) is 1.75. The summed E-state index contributed by atoms with van der Waals surface area (Å²) in [6, 6.07) is 15.4. The number of aryl methyl sites for hydroxylation is 1. The maximum atomic E-state index is 12.3. The summed E-state index contributed by atoms with van der Waals surface area (Å²) in [4.78, 5) is 28.5. The van der Waals surface area contributed by atoms with Crippen molar-refractivity contribution in [2.45, 2.75) is 6.92 Å². The summed E-state index contributed by atoms with van der Waals surface area (Å²) < 4.78 is 5.24. The summed E-state index contributed by atoms with van der Waals surface area (Å²) in [6.07, 6.45) is -0.729. The van der Waals surface area contributed by atoms with Crippen LogP contribution in [0, 0.1) is 6.92 Å². The van der Waals surface area contributed by atoms with Crippen molar-refractivity contribution in [1.29, 1.82) is 0 Å². The highest BCUT2D eigenvalue weighted by Gasteiger charge is 2.17. The standard InChI is InChI=1S/C18H14ClN3O3S/c1-11-20-16(25-18(24)21-14-9-5-8-13(19)10-14)17(26-11)22-15(23)12-6-3-2-4-7-12/h2-10H,1H3,(H,21,24)(H,22,23). The molecule has 3 rings (SSSR count). The second-order valence-electron chi connectivity index (χ2n) is 5.21. The van der Waals surface area contributed by atoms with Gasteiger partial charge in [-0.1, -0.05) is 47.2 Å². The molecular formula is C18H14ClN3O3S. The zero-order valence-electron chi connectivity index (χ0n) is 13.7. The van der Waals surface area contributed by atoms with Crippen LogP contribution in [0.15, 0.2) is 54.6 Å². The molecule has 0 atom stereocenters. The highest BCUT2D eigenvalue weighted by atomic mass is 35.5. The monoisotopic (exact) mass is 387 g/mol. The van der Waals surface area contributed by atoms with E-state index in [9.17, 15) is 9.59 Å². The minimum Gasteiger partial charge on any atom is -0.388 e. The molecular weight excluding hydrogens is 374 g/mol. The van der Waals surface area contributed by atoms with Gasteiger partial charge in [0.05, 0.1) is 5.01 Å². The Morgan fingerprint density at radius 1 is 1.08 bits per heavy atom. The number of carbonyl (C=O) groups is 2. The lowest BCUT2D eigenvalue weighted by molar-refractivity contribution is 0.102. The zero-order chi connectivity index (χ0) is 18.5. The van der Waals surface area contributed by atoms with E-state index in [1.807, 2.05) is 6.07 Å². The smallest absolute Gasteiger partial charge is 0.388 e. The lowest BCUT2D eigenvalue weighted by atomic mass is 10.2. The second kappa shape index (κ2) is 7.99. The number of rotatable bonds is 4. The van der Waals surface area contributed by atoms with E-state index in [1.165, 1.54) is 11.3 Å². The van der Waals surface area contributed by atoms with E-state index in [0.717, 1.165) is 0 Å². The molecule has 0 saturated carbocycles. The topological polar surface area (TPSA) is 80.3 Å². The van der Waals surface area contributed by atoms with Crippen molar-refractivity contribution < 1.29 is 14.3 Å². The summed E-state index contributed by atoms with van der Waals surface area (Å²) in [7, 11) is 0. The van der Waals surface area contributed by atoms with Crippen molar-refractivity contribution in [2.75, 3.05) is 10.6 Å². The lowest BCUT2D eigenvalue weighted by Gasteiger charge is -2.07. The van der Waals surface area contributed by atoms with E-state index >= 15 is 0 Å². The Kier molecular flexibility index (Phi) is 5.50. The van der Waals surface area contributed by atoms with E-state index in [1.54, 1.807) is 55.5 Å². The molecule has 26 heavy (non-hydrogen) atoms. The molecule has 3 aromatic rings. The third-order valence-electron chi connectivity index (χ3n) is 3.23. The minimum atomic E-state index is -0.729. The Morgan fingerprint density at radius 2 is 1.85 bits per heavy atom. The number of hydrogen-bond donors (Lipinski definition) is 2. The van der Waals surface area contributed by atoms with Crippen LogP contribution in [0.5, 0.6) is 5.88 Å². The van der Waals surface area contributed by atoms with E-state index in [0.29, 0.717) is 26.3 Å². The van der Waals surface area contributed by atoms with E-state index < -0.39 is 6.09 Å². The molecule has 8 heteroatoms. The highest BCUT2D eigenvalue weighted by Crippen LogP contribution is 2.31. The predicted octanol–water partition coefficient (Wildman–Crippen LogP) is 4.97. The fraction of sp³-hybridized carbons (Fsp3) is 0.0556. The fourth-order valence-corrected chi connectivity index (χ4v) is 3.05. The van der Waals surface area contributed by atoms with Crippen molar-refractivity contribution in [1.82, 2.24) is 4.98 Å². The first-order chi connectivity index (χ1) is 12.5. The fourth-order valence-electron chi connectivity index (χ4n) is 2.12. The van der Waals surface area contributed by atoms with Crippen molar-refractivity contribution in [2.24, 2.45) is 0 Å². The number of halogens is 1. The van der Waals surface area contributed by atoms with Crippen molar-refractivity contribution in [3.63, 3.8) is 0 Å². The van der Waals surface area contributed by atoms with Gasteiger partial charge in [-0.2, -0.15) is 0 Å². The number of nitrogens with one attached hydrogen (secondary N) is 2. The van der Waals surface area contributed by atoms with Gasteiger partial charge in [-0.15, -0.1) is 0 Å². The number of amides is 2. The summed E-state index contributed by atoms with van der Waals surface area (Å²) in [5, 5.41) is 6.78. The maximum Gasteiger partial charge on any atom is 0.418 e.